The molecule has 148 valence electrons. The first kappa shape index (κ1) is 19.1. The largest absolute Gasteiger partial charge is 0.339 e. The van der Waals surface area contributed by atoms with Crippen LogP contribution in [0.4, 0.5) is 8.78 Å². The molecule has 1 amide bonds. The second kappa shape index (κ2) is 7.99. The van der Waals surface area contributed by atoms with E-state index in [9.17, 15) is 18.4 Å². The van der Waals surface area contributed by atoms with Gasteiger partial charge in [-0.2, -0.15) is 0 Å². The summed E-state index contributed by atoms with van der Waals surface area (Å²) < 4.78 is 26.4. The number of nitrogens with one attached hydrogen (secondary N) is 1. The molecule has 0 fully saturated rings. The molecular weight excluding hydrogens is 374 g/mol. The van der Waals surface area contributed by atoms with Crippen LogP contribution in [0.3, 0.4) is 0 Å². The minimum Gasteiger partial charge on any atom is -0.339 e. The Kier molecular flexibility index (Phi) is 5.25. The third kappa shape index (κ3) is 4.26. The lowest BCUT2D eigenvalue weighted by molar-refractivity contribution is -0.130. The van der Waals surface area contributed by atoms with Crippen LogP contribution in [0, 0.1) is 11.6 Å². The smallest absolute Gasteiger partial charge is 0.256 e. The van der Waals surface area contributed by atoms with Gasteiger partial charge in [0, 0.05) is 30.6 Å². The number of hydrogen-bond acceptors (Lipinski definition) is 2. The molecule has 2 aromatic carbocycles. The number of benzene rings is 2. The number of fused-ring (bicyclic) bond motifs is 1. The molecule has 0 atom stereocenters. The van der Waals surface area contributed by atoms with E-state index >= 15 is 0 Å². The van der Waals surface area contributed by atoms with Crippen LogP contribution in [-0.4, -0.2) is 28.9 Å². The summed E-state index contributed by atoms with van der Waals surface area (Å²) in [7, 11) is 0. The standard InChI is InChI=1S/C23H20F2N2O2/c24-18-4-1-15(2-5-18)16-9-11-27(12-10-16)22(28)8-7-20-13-17-3-6-19(25)14-21(17)23(29)26-20/h1-6,9,13-14H,7-8,10-12H2,(H,26,29). The summed E-state index contributed by atoms with van der Waals surface area (Å²) in [6.45, 7) is 1.12. The van der Waals surface area contributed by atoms with Gasteiger partial charge in [-0.3, -0.25) is 9.59 Å². The predicted molar refractivity (Wildman–Crippen MR) is 108 cm³/mol. The molecule has 4 rings (SSSR count). The molecule has 3 aromatic rings. The van der Waals surface area contributed by atoms with Gasteiger partial charge in [0.05, 0.1) is 0 Å². The van der Waals surface area contributed by atoms with Crippen LogP contribution in [0.15, 0.2) is 59.4 Å². The fourth-order valence-corrected chi connectivity index (χ4v) is 3.64. The van der Waals surface area contributed by atoms with Crippen LogP contribution in [0.2, 0.25) is 0 Å². The van der Waals surface area contributed by atoms with Gasteiger partial charge >= 0.3 is 0 Å². The number of nitrogens with zero attached hydrogens (tertiary/aromatic N) is 1. The minimum absolute atomic E-state index is 0.0134. The number of carbonyl (C=O) groups is 1. The topological polar surface area (TPSA) is 53.2 Å². The molecule has 2 heterocycles. The van der Waals surface area contributed by atoms with Crippen molar-refractivity contribution in [3.63, 3.8) is 0 Å². The molecule has 0 saturated heterocycles. The lowest BCUT2D eigenvalue weighted by atomic mass is 9.99. The lowest BCUT2D eigenvalue weighted by Gasteiger charge is -2.26. The van der Waals surface area contributed by atoms with Crippen molar-refractivity contribution in [3.05, 3.63) is 87.9 Å². The van der Waals surface area contributed by atoms with Gasteiger partial charge in [-0.25, -0.2) is 8.78 Å². The van der Waals surface area contributed by atoms with Gasteiger partial charge in [0.1, 0.15) is 11.6 Å². The summed E-state index contributed by atoms with van der Waals surface area (Å²) >= 11 is 0. The zero-order valence-electron chi connectivity index (χ0n) is 15.8. The Morgan fingerprint density at radius 2 is 1.79 bits per heavy atom. The van der Waals surface area contributed by atoms with Crippen molar-refractivity contribution in [2.45, 2.75) is 19.3 Å². The Morgan fingerprint density at radius 1 is 1.03 bits per heavy atom. The Hall–Kier alpha value is -3.28. The molecule has 1 aliphatic heterocycles. The van der Waals surface area contributed by atoms with Gasteiger partial charge in [-0.05, 0) is 59.7 Å². The summed E-state index contributed by atoms with van der Waals surface area (Å²) in [5.41, 5.74) is 2.39. The van der Waals surface area contributed by atoms with E-state index in [4.69, 9.17) is 0 Å². The van der Waals surface area contributed by atoms with Crippen molar-refractivity contribution in [1.82, 2.24) is 9.88 Å². The molecule has 0 radical (unpaired) electrons. The average molecular weight is 394 g/mol. The molecule has 1 aromatic heterocycles. The van der Waals surface area contributed by atoms with E-state index in [1.54, 1.807) is 29.2 Å². The molecule has 1 N–H and O–H groups in total. The highest BCUT2D eigenvalue weighted by Gasteiger charge is 2.18. The van der Waals surface area contributed by atoms with Crippen LogP contribution in [0.25, 0.3) is 16.3 Å². The van der Waals surface area contributed by atoms with Gasteiger partial charge in [0.15, 0.2) is 0 Å². The summed E-state index contributed by atoms with van der Waals surface area (Å²) in [6.07, 6.45) is 3.41. The monoisotopic (exact) mass is 394 g/mol. The van der Waals surface area contributed by atoms with Gasteiger partial charge in [-0.1, -0.05) is 24.3 Å². The number of carbonyl (C=O) groups excluding carboxylic acids is 1. The Labute approximate surface area is 166 Å². The summed E-state index contributed by atoms with van der Waals surface area (Å²) in [5.74, 6) is -0.706. The molecule has 0 bridgehead atoms. The van der Waals surface area contributed by atoms with Crippen molar-refractivity contribution < 1.29 is 13.6 Å². The summed E-state index contributed by atoms with van der Waals surface area (Å²) in [4.78, 5) is 29.2. The molecule has 4 nitrogen and oxygen atoms in total. The number of halogens is 2. The van der Waals surface area contributed by atoms with E-state index < -0.39 is 5.82 Å². The zero-order valence-corrected chi connectivity index (χ0v) is 15.8. The molecule has 1 aliphatic rings. The lowest BCUT2D eigenvalue weighted by Crippen LogP contribution is -2.34. The number of aryl methyl sites for hydroxylation is 1. The second-order valence-electron chi connectivity index (χ2n) is 7.18. The van der Waals surface area contributed by atoms with Gasteiger partial charge in [0.25, 0.3) is 5.56 Å². The zero-order chi connectivity index (χ0) is 20.4. The average Bonchev–Trinajstić information content (AvgIpc) is 2.73. The van der Waals surface area contributed by atoms with Crippen molar-refractivity contribution in [1.29, 1.82) is 0 Å². The van der Waals surface area contributed by atoms with Crippen LogP contribution in [-0.2, 0) is 11.2 Å². The third-order valence-corrected chi connectivity index (χ3v) is 5.25. The fraction of sp³-hybridized carbons (Fsp3) is 0.217. The molecule has 0 spiro atoms. The van der Waals surface area contributed by atoms with E-state index in [1.807, 2.05) is 6.08 Å². The van der Waals surface area contributed by atoms with E-state index in [-0.39, 0.29) is 23.7 Å². The Balaban J connectivity index is 1.39. The van der Waals surface area contributed by atoms with Crippen LogP contribution in [0.1, 0.15) is 24.1 Å². The molecule has 0 unspecified atom stereocenters. The quantitative estimate of drug-likeness (QED) is 0.726. The first-order chi connectivity index (χ1) is 14.0. The number of amides is 1. The third-order valence-electron chi connectivity index (χ3n) is 5.25. The second-order valence-corrected chi connectivity index (χ2v) is 7.18. The van der Waals surface area contributed by atoms with Gasteiger partial charge in [0.2, 0.25) is 5.91 Å². The van der Waals surface area contributed by atoms with Crippen LogP contribution in [0.5, 0.6) is 0 Å². The molecule has 0 saturated carbocycles. The van der Waals surface area contributed by atoms with Crippen LogP contribution < -0.4 is 5.56 Å². The first-order valence-corrected chi connectivity index (χ1v) is 9.54. The van der Waals surface area contributed by atoms with Gasteiger partial charge < -0.3 is 9.88 Å². The molecular formula is C23H20F2N2O2. The number of pyridine rings is 1. The summed E-state index contributed by atoms with van der Waals surface area (Å²) in [5, 5.41) is 0.956. The van der Waals surface area contributed by atoms with E-state index in [0.29, 0.717) is 36.0 Å². The molecule has 6 heteroatoms. The van der Waals surface area contributed by atoms with E-state index in [2.05, 4.69) is 4.98 Å². The summed E-state index contributed by atoms with van der Waals surface area (Å²) in [6, 6.07) is 12.3. The normalized spacial score (nSPS) is 14.1. The molecule has 29 heavy (non-hydrogen) atoms. The van der Waals surface area contributed by atoms with E-state index in [1.165, 1.54) is 24.3 Å². The van der Waals surface area contributed by atoms with E-state index in [0.717, 1.165) is 17.6 Å². The highest BCUT2D eigenvalue weighted by Crippen LogP contribution is 2.23. The predicted octanol–water partition coefficient (Wildman–Crippen LogP) is 4.05. The first-order valence-electron chi connectivity index (χ1n) is 9.54. The number of rotatable bonds is 4. The highest BCUT2D eigenvalue weighted by molar-refractivity contribution is 5.82. The highest BCUT2D eigenvalue weighted by atomic mass is 19.1. The van der Waals surface area contributed by atoms with Crippen molar-refractivity contribution in [3.8, 4) is 0 Å². The van der Waals surface area contributed by atoms with Crippen molar-refractivity contribution in [2.24, 2.45) is 0 Å². The fourth-order valence-electron chi connectivity index (χ4n) is 3.64. The Morgan fingerprint density at radius 3 is 2.52 bits per heavy atom. The SMILES string of the molecule is O=C(CCc1cc2ccc(F)cc2c(=O)[nH]1)N1CC=C(c2ccc(F)cc2)CC1. The Bertz CT molecular complexity index is 1150. The number of hydrogen-bond donors (Lipinski definition) is 1. The van der Waals surface area contributed by atoms with Gasteiger partial charge in [-0.15, -0.1) is 0 Å². The maximum Gasteiger partial charge on any atom is 0.256 e. The van der Waals surface area contributed by atoms with Crippen molar-refractivity contribution >= 4 is 22.3 Å². The molecule has 0 aliphatic carbocycles. The minimum atomic E-state index is -0.455. The maximum absolute atomic E-state index is 13.3. The van der Waals surface area contributed by atoms with Crippen molar-refractivity contribution in [2.75, 3.05) is 13.1 Å². The maximum atomic E-state index is 13.3. The van der Waals surface area contributed by atoms with Crippen LogP contribution >= 0.6 is 0 Å². The number of aromatic nitrogens is 1. The number of aromatic amines is 1. The number of H-pyrrole nitrogens is 1.